The van der Waals surface area contributed by atoms with Crippen molar-refractivity contribution in [2.45, 2.75) is 34.1 Å². The number of fused-ring (bicyclic) bond motifs is 1. The highest BCUT2D eigenvalue weighted by atomic mass is 35.5. The van der Waals surface area contributed by atoms with Crippen molar-refractivity contribution >= 4 is 40.6 Å². The van der Waals surface area contributed by atoms with E-state index in [9.17, 15) is 9.59 Å². The number of benzene rings is 1. The summed E-state index contributed by atoms with van der Waals surface area (Å²) in [7, 11) is 0. The molecule has 4 heterocycles. The molecule has 2 unspecified atom stereocenters. The fourth-order valence-corrected chi connectivity index (χ4v) is 6.50. The van der Waals surface area contributed by atoms with Crippen LogP contribution < -0.4 is 4.90 Å². The summed E-state index contributed by atoms with van der Waals surface area (Å²) in [5.41, 5.74) is 4.93. The number of likely N-dealkylation sites (tertiary alicyclic amines) is 2. The largest absolute Gasteiger partial charge is 0.338 e. The Bertz CT molecular complexity index is 1330. The summed E-state index contributed by atoms with van der Waals surface area (Å²) >= 11 is 7.53. The van der Waals surface area contributed by atoms with Crippen molar-refractivity contribution in [1.29, 1.82) is 0 Å². The third-order valence-electron chi connectivity index (χ3n) is 7.83. The first-order valence-corrected chi connectivity index (χ1v) is 14.2. The Kier molecular flexibility index (Phi) is 7.79. The van der Waals surface area contributed by atoms with Crippen molar-refractivity contribution in [3.05, 3.63) is 68.4 Å². The molecular formula is C28H33ClN6O2S. The van der Waals surface area contributed by atoms with E-state index in [-0.39, 0.29) is 11.8 Å². The molecule has 2 atom stereocenters. The van der Waals surface area contributed by atoms with Crippen molar-refractivity contribution in [3.8, 4) is 0 Å². The van der Waals surface area contributed by atoms with Crippen molar-refractivity contribution in [2.24, 2.45) is 11.8 Å². The summed E-state index contributed by atoms with van der Waals surface area (Å²) < 4.78 is 3.95. The van der Waals surface area contributed by atoms with Crippen molar-refractivity contribution in [3.63, 3.8) is 0 Å². The molecule has 10 heteroatoms. The van der Waals surface area contributed by atoms with Crippen molar-refractivity contribution in [2.75, 3.05) is 44.2 Å². The van der Waals surface area contributed by atoms with E-state index in [1.165, 1.54) is 0 Å². The number of aromatic nitrogens is 3. The minimum atomic E-state index is -0.0918. The van der Waals surface area contributed by atoms with Crippen LogP contribution >= 0.6 is 23.1 Å². The molecule has 2 aliphatic heterocycles. The van der Waals surface area contributed by atoms with Crippen LogP contribution in [-0.2, 0) is 0 Å². The average molecular weight is 553 g/mol. The minimum absolute atomic E-state index is 0.0918. The lowest BCUT2D eigenvalue weighted by Crippen LogP contribution is -2.36. The highest BCUT2D eigenvalue weighted by Crippen LogP contribution is 2.33. The van der Waals surface area contributed by atoms with Gasteiger partial charge in [0, 0.05) is 49.6 Å². The normalized spacial score (nSPS) is 19.1. The summed E-state index contributed by atoms with van der Waals surface area (Å²) in [5, 5.41) is 4.67. The van der Waals surface area contributed by atoms with Gasteiger partial charge in [0.2, 0.25) is 0 Å². The molecule has 8 nitrogen and oxygen atoms in total. The number of halogens is 1. The Morgan fingerprint density at radius 2 is 1.76 bits per heavy atom. The molecule has 2 saturated heterocycles. The van der Waals surface area contributed by atoms with Crippen LogP contribution in [0.5, 0.6) is 0 Å². The second kappa shape index (κ2) is 11.1. The number of hydrogen-bond acceptors (Lipinski definition) is 7. The van der Waals surface area contributed by atoms with Crippen LogP contribution in [0, 0.1) is 39.5 Å². The SMILES string of the molecule is Cc1ccc(N(CCCN2CC3CN(C(=O)c4c(C)ccnc4C)CC3C2)C(=O)c2snnc2C)cc1Cl. The van der Waals surface area contributed by atoms with Crippen LogP contribution in [0.1, 0.15) is 49.0 Å². The molecule has 2 amide bonds. The molecule has 5 rings (SSSR count). The predicted octanol–water partition coefficient (Wildman–Crippen LogP) is 4.56. The van der Waals surface area contributed by atoms with E-state index in [1.54, 1.807) is 11.1 Å². The highest BCUT2D eigenvalue weighted by molar-refractivity contribution is 7.08. The summed E-state index contributed by atoms with van der Waals surface area (Å²) in [6, 6.07) is 7.65. The Morgan fingerprint density at radius 3 is 2.39 bits per heavy atom. The molecule has 0 N–H and O–H groups in total. The van der Waals surface area contributed by atoms with Gasteiger partial charge in [-0.1, -0.05) is 22.2 Å². The Morgan fingerprint density at radius 1 is 1.03 bits per heavy atom. The average Bonchev–Trinajstić information content (AvgIpc) is 3.58. The molecule has 0 saturated carbocycles. The van der Waals surface area contributed by atoms with Gasteiger partial charge in [-0.05, 0) is 93.4 Å². The first kappa shape index (κ1) is 26.7. The van der Waals surface area contributed by atoms with Crippen LogP contribution in [0.2, 0.25) is 5.02 Å². The maximum absolute atomic E-state index is 13.4. The Balaban J connectivity index is 1.19. The third kappa shape index (κ3) is 5.32. The van der Waals surface area contributed by atoms with Crippen LogP contribution in [0.4, 0.5) is 5.69 Å². The summed E-state index contributed by atoms with van der Waals surface area (Å²) in [5.74, 6) is 0.977. The first-order valence-electron chi connectivity index (χ1n) is 13.0. The minimum Gasteiger partial charge on any atom is -0.338 e. The second-order valence-corrected chi connectivity index (χ2v) is 11.7. The summed E-state index contributed by atoms with van der Waals surface area (Å²) in [4.78, 5) is 37.8. The molecule has 0 radical (unpaired) electrons. The van der Waals surface area contributed by atoms with Gasteiger partial charge in [-0.2, -0.15) is 0 Å². The van der Waals surface area contributed by atoms with Crippen LogP contribution in [0.15, 0.2) is 30.5 Å². The van der Waals surface area contributed by atoms with E-state index < -0.39 is 0 Å². The molecule has 0 bridgehead atoms. The Labute approximate surface area is 232 Å². The summed E-state index contributed by atoms with van der Waals surface area (Å²) in [6.07, 6.45) is 2.59. The van der Waals surface area contributed by atoms with E-state index in [0.29, 0.717) is 34.0 Å². The number of hydrogen-bond donors (Lipinski definition) is 0. The van der Waals surface area contributed by atoms with Crippen molar-refractivity contribution in [1.82, 2.24) is 24.4 Å². The lowest BCUT2D eigenvalue weighted by Gasteiger charge is -2.25. The maximum atomic E-state index is 13.4. The van der Waals surface area contributed by atoms with E-state index in [2.05, 4.69) is 19.5 Å². The first-order chi connectivity index (χ1) is 18.2. The van der Waals surface area contributed by atoms with Gasteiger partial charge in [-0.25, -0.2) is 0 Å². The van der Waals surface area contributed by atoms with Crippen LogP contribution in [0.25, 0.3) is 0 Å². The number of carbonyl (C=O) groups excluding carboxylic acids is 2. The fourth-order valence-electron chi connectivity index (χ4n) is 5.71. The van der Waals surface area contributed by atoms with Gasteiger partial charge < -0.3 is 14.7 Å². The zero-order chi connectivity index (χ0) is 27.0. The molecule has 0 spiro atoms. The van der Waals surface area contributed by atoms with Gasteiger partial charge in [-0.3, -0.25) is 14.6 Å². The van der Waals surface area contributed by atoms with Crippen LogP contribution in [0.3, 0.4) is 0 Å². The zero-order valence-corrected chi connectivity index (χ0v) is 23.8. The van der Waals surface area contributed by atoms with Gasteiger partial charge in [-0.15, -0.1) is 5.10 Å². The molecule has 200 valence electrons. The Hall–Kier alpha value is -2.88. The van der Waals surface area contributed by atoms with Gasteiger partial charge in [0.15, 0.2) is 0 Å². The van der Waals surface area contributed by atoms with E-state index >= 15 is 0 Å². The zero-order valence-electron chi connectivity index (χ0n) is 22.3. The summed E-state index contributed by atoms with van der Waals surface area (Å²) in [6.45, 7) is 12.6. The molecule has 3 aromatic rings. The molecule has 2 fully saturated rings. The molecule has 0 aliphatic carbocycles. The lowest BCUT2D eigenvalue weighted by atomic mass is 10.0. The lowest BCUT2D eigenvalue weighted by molar-refractivity contribution is 0.0772. The standard InChI is InChI=1S/C28H33ClN6O2S/c1-17-6-7-23(12-24(17)29)35(28(37)26-20(4)31-32-38-26)11-5-10-33-13-21-15-34(16-22(21)14-33)27(36)25-18(2)8-9-30-19(25)3/h6-9,12,21-22H,5,10-11,13-16H2,1-4H3. The topological polar surface area (TPSA) is 82.5 Å². The maximum Gasteiger partial charge on any atom is 0.271 e. The number of aryl methyl sites for hydroxylation is 4. The van der Waals surface area contributed by atoms with Crippen LogP contribution in [-0.4, -0.2) is 75.5 Å². The monoisotopic (exact) mass is 552 g/mol. The third-order valence-corrected chi connectivity index (χ3v) is 9.05. The van der Waals surface area contributed by atoms with Gasteiger partial charge in [0.05, 0.1) is 17.0 Å². The van der Waals surface area contributed by atoms with E-state index in [4.69, 9.17) is 11.6 Å². The fraction of sp³-hybridized carbons (Fsp3) is 0.464. The number of rotatable bonds is 7. The number of amides is 2. The molecule has 38 heavy (non-hydrogen) atoms. The molecule has 2 aliphatic rings. The van der Waals surface area contributed by atoms with Gasteiger partial charge >= 0.3 is 0 Å². The van der Waals surface area contributed by atoms with E-state index in [1.807, 2.05) is 56.9 Å². The second-order valence-electron chi connectivity index (χ2n) is 10.5. The number of carbonyl (C=O) groups is 2. The number of nitrogens with zero attached hydrogens (tertiary/aromatic N) is 6. The smallest absolute Gasteiger partial charge is 0.271 e. The highest BCUT2D eigenvalue weighted by Gasteiger charge is 2.42. The predicted molar refractivity (Wildman–Crippen MR) is 150 cm³/mol. The van der Waals surface area contributed by atoms with Gasteiger partial charge in [0.1, 0.15) is 4.88 Å². The molecule has 1 aromatic carbocycles. The quantitative estimate of drug-likeness (QED) is 0.427. The molecular weight excluding hydrogens is 520 g/mol. The van der Waals surface area contributed by atoms with E-state index in [0.717, 1.165) is 78.7 Å². The number of pyridine rings is 1. The molecule has 2 aromatic heterocycles. The number of anilines is 1. The van der Waals surface area contributed by atoms with Gasteiger partial charge in [0.25, 0.3) is 11.8 Å². The van der Waals surface area contributed by atoms with Crippen molar-refractivity contribution < 1.29 is 9.59 Å².